The van der Waals surface area contributed by atoms with Gasteiger partial charge < -0.3 is 9.47 Å². The van der Waals surface area contributed by atoms with E-state index in [0.29, 0.717) is 5.02 Å². The minimum Gasteiger partial charge on any atom is -0.428 e. The van der Waals surface area contributed by atoms with Gasteiger partial charge in [-0.3, -0.25) is 0 Å². The van der Waals surface area contributed by atoms with E-state index in [1.54, 1.807) is 20.8 Å². The van der Waals surface area contributed by atoms with E-state index in [0.717, 1.165) is 0 Å². The number of carbonyl (C=O) groups excluding carboxylic acids is 1. The normalized spacial score (nSPS) is 11.1. The number of hydrogen-bond donors (Lipinski definition) is 0. The SMILES string of the molecule is CC(C)(C)OC(=O)Oc1[c]cc(Cl)cc1Cl. The fourth-order valence-electron chi connectivity index (χ4n) is 0.864. The number of rotatable bonds is 1. The van der Waals surface area contributed by atoms with Gasteiger partial charge in [-0.25, -0.2) is 4.79 Å². The third kappa shape index (κ3) is 4.29. The predicted molar refractivity (Wildman–Crippen MR) is 62.2 cm³/mol. The maximum absolute atomic E-state index is 11.3. The van der Waals surface area contributed by atoms with E-state index in [4.69, 9.17) is 32.7 Å². The van der Waals surface area contributed by atoms with Crippen molar-refractivity contribution in [2.45, 2.75) is 26.4 Å². The molecule has 0 aliphatic carbocycles. The highest BCUT2D eigenvalue weighted by Crippen LogP contribution is 2.27. The Balaban J connectivity index is 2.70. The Labute approximate surface area is 104 Å². The third-order valence-electron chi connectivity index (χ3n) is 1.40. The molecule has 0 saturated heterocycles. The van der Waals surface area contributed by atoms with Gasteiger partial charge in [-0.2, -0.15) is 0 Å². The Hall–Kier alpha value is -0.930. The van der Waals surface area contributed by atoms with Gasteiger partial charge in [-0.15, -0.1) is 0 Å². The van der Waals surface area contributed by atoms with Crippen molar-refractivity contribution < 1.29 is 14.3 Å². The molecule has 0 aliphatic heterocycles. The first kappa shape index (κ1) is 13.1. The minimum absolute atomic E-state index is 0.0975. The summed E-state index contributed by atoms with van der Waals surface area (Å²) in [5, 5.41) is 0.625. The van der Waals surface area contributed by atoms with Crippen LogP contribution in [0.4, 0.5) is 4.79 Å². The van der Waals surface area contributed by atoms with Gasteiger partial charge in [0.05, 0.1) is 5.02 Å². The van der Waals surface area contributed by atoms with Crippen LogP contribution in [0.1, 0.15) is 20.8 Å². The summed E-state index contributed by atoms with van der Waals surface area (Å²) in [5.74, 6) is 0.0975. The zero-order chi connectivity index (χ0) is 12.3. The average molecular weight is 262 g/mol. The zero-order valence-electron chi connectivity index (χ0n) is 9.14. The Bertz CT molecular complexity index is 397. The van der Waals surface area contributed by atoms with E-state index in [-0.39, 0.29) is 10.8 Å². The molecule has 0 bridgehead atoms. The number of benzene rings is 1. The van der Waals surface area contributed by atoms with Crippen molar-refractivity contribution >= 4 is 29.4 Å². The number of hydrogen-bond acceptors (Lipinski definition) is 3. The molecule has 1 rings (SSSR count). The van der Waals surface area contributed by atoms with Crippen LogP contribution in [0.25, 0.3) is 0 Å². The van der Waals surface area contributed by atoms with Crippen LogP contribution in [0, 0.1) is 6.07 Å². The number of carbonyl (C=O) groups is 1. The fourth-order valence-corrected chi connectivity index (χ4v) is 1.29. The first-order valence-corrected chi connectivity index (χ1v) is 5.31. The molecule has 0 heterocycles. The smallest absolute Gasteiger partial charge is 0.428 e. The van der Waals surface area contributed by atoms with Crippen LogP contribution in [0.15, 0.2) is 12.1 Å². The van der Waals surface area contributed by atoms with Gasteiger partial charge in [0.15, 0.2) is 5.75 Å². The van der Waals surface area contributed by atoms with Crippen molar-refractivity contribution in [3.05, 3.63) is 28.2 Å². The molecule has 0 amide bonds. The summed E-state index contributed by atoms with van der Waals surface area (Å²) < 4.78 is 9.82. The molecule has 87 valence electrons. The van der Waals surface area contributed by atoms with E-state index < -0.39 is 11.8 Å². The molecule has 1 aromatic carbocycles. The second-order valence-electron chi connectivity index (χ2n) is 4.06. The molecule has 0 unspecified atom stereocenters. The predicted octanol–water partition coefficient (Wildman–Crippen LogP) is 4.11. The summed E-state index contributed by atoms with van der Waals surface area (Å²) in [7, 11) is 0. The summed E-state index contributed by atoms with van der Waals surface area (Å²) >= 11 is 11.5. The molecule has 5 heteroatoms. The molecule has 16 heavy (non-hydrogen) atoms. The second-order valence-corrected chi connectivity index (χ2v) is 4.91. The molecular weight excluding hydrogens is 251 g/mol. The maximum atomic E-state index is 11.3. The van der Waals surface area contributed by atoms with E-state index in [1.165, 1.54) is 12.1 Å². The van der Waals surface area contributed by atoms with Crippen molar-refractivity contribution in [1.82, 2.24) is 0 Å². The Morgan fingerprint density at radius 2 is 2.00 bits per heavy atom. The van der Waals surface area contributed by atoms with Gasteiger partial charge in [0.2, 0.25) is 0 Å². The first-order chi connectivity index (χ1) is 7.28. The van der Waals surface area contributed by atoms with Crippen LogP contribution in [-0.4, -0.2) is 11.8 Å². The van der Waals surface area contributed by atoms with Crippen molar-refractivity contribution in [3.63, 3.8) is 0 Å². The topological polar surface area (TPSA) is 35.5 Å². The zero-order valence-corrected chi connectivity index (χ0v) is 10.6. The van der Waals surface area contributed by atoms with Crippen molar-refractivity contribution in [2.75, 3.05) is 0 Å². The molecule has 3 nitrogen and oxygen atoms in total. The summed E-state index contributed by atoms with van der Waals surface area (Å²) in [4.78, 5) is 11.3. The molecule has 0 N–H and O–H groups in total. The Morgan fingerprint density at radius 3 is 2.50 bits per heavy atom. The number of halogens is 2. The van der Waals surface area contributed by atoms with Crippen molar-refractivity contribution in [2.24, 2.45) is 0 Å². The molecule has 0 spiro atoms. The summed E-state index contributed by atoms with van der Waals surface area (Å²) in [6.07, 6.45) is -0.826. The van der Waals surface area contributed by atoms with Crippen LogP contribution >= 0.6 is 23.2 Å². The minimum atomic E-state index is -0.826. The molecule has 0 atom stereocenters. The molecule has 1 radical (unpaired) electrons. The van der Waals surface area contributed by atoms with Crippen molar-refractivity contribution in [1.29, 1.82) is 0 Å². The van der Waals surface area contributed by atoms with E-state index in [9.17, 15) is 4.79 Å². The highest BCUT2D eigenvalue weighted by atomic mass is 35.5. The Kier molecular flexibility index (Phi) is 4.05. The van der Waals surface area contributed by atoms with Crippen LogP contribution in [0.3, 0.4) is 0 Å². The van der Waals surface area contributed by atoms with Crippen LogP contribution in [-0.2, 0) is 4.74 Å². The highest BCUT2D eigenvalue weighted by Gasteiger charge is 2.19. The first-order valence-electron chi connectivity index (χ1n) is 4.55. The monoisotopic (exact) mass is 261 g/mol. The summed E-state index contributed by atoms with van der Waals surface area (Å²) in [5.41, 5.74) is -0.615. The lowest BCUT2D eigenvalue weighted by Crippen LogP contribution is -2.26. The van der Waals surface area contributed by atoms with Gasteiger partial charge in [0.25, 0.3) is 0 Å². The average Bonchev–Trinajstić information content (AvgIpc) is 2.06. The molecular formula is C11H11Cl2O3. The van der Waals surface area contributed by atoms with Gasteiger partial charge in [0, 0.05) is 11.1 Å². The van der Waals surface area contributed by atoms with E-state index in [1.807, 2.05) is 0 Å². The summed E-state index contributed by atoms with van der Waals surface area (Å²) in [6, 6.07) is 5.54. The lowest BCUT2D eigenvalue weighted by Gasteiger charge is -2.18. The molecule has 0 aromatic heterocycles. The lowest BCUT2D eigenvalue weighted by molar-refractivity contribution is 0.0206. The van der Waals surface area contributed by atoms with E-state index >= 15 is 0 Å². The van der Waals surface area contributed by atoms with Crippen LogP contribution in [0.5, 0.6) is 5.75 Å². The van der Waals surface area contributed by atoms with Gasteiger partial charge in [0.1, 0.15) is 5.60 Å². The molecule has 0 aliphatic rings. The maximum Gasteiger partial charge on any atom is 0.514 e. The fraction of sp³-hybridized carbons (Fsp3) is 0.364. The lowest BCUT2D eigenvalue weighted by atomic mass is 10.2. The molecule has 0 saturated carbocycles. The quantitative estimate of drug-likeness (QED) is 0.564. The van der Waals surface area contributed by atoms with Crippen LogP contribution in [0.2, 0.25) is 10.0 Å². The van der Waals surface area contributed by atoms with Crippen molar-refractivity contribution in [3.8, 4) is 5.75 Å². The summed E-state index contributed by atoms with van der Waals surface area (Å²) in [6.45, 7) is 5.21. The molecule has 0 fully saturated rings. The van der Waals surface area contributed by atoms with Crippen LogP contribution < -0.4 is 4.74 Å². The Morgan fingerprint density at radius 1 is 1.38 bits per heavy atom. The highest BCUT2D eigenvalue weighted by molar-refractivity contribution is 6.35. The third-order valence-corrected chi connectivity index (χ3v) is 1.90. The van der Waals surface area contributed by atoms with Gasteiger partial charge in [-0.1, -0.05) is 23.2 Å². The largest absolute Gasteiger partial charge is 0.514 e. The standard InChI is InChI=1S/C11H11Cl2O3/c1-11(2,3)16-10(14)15-9-5-4-7(12)6-8(9)13/h4,6H,1-3H3. The van der Waals surface area contributed by atoms with E-state index in [2.05, 4.69) is 6.07 Å². The second kappa shape index (κ2) is 4.93. The molecule has 1 aromatic rings. The van der Waals surface area contributed by atoms with Gasteiger partial charge in [-0.05, 0) is 32.9 Å². The number of ether oxygens (including phenoxy) is 2. The van der Waals surface area contributed by atoms with Gasteiger partial charge >= 0.3 is 6.16 Å².